The molecule has 2 aromatic rings. The quantitative estimate of drug-likeness (QED) is 0.522. The number of phenols is 2. The molecule has 2 nitrogen and oxygen atoms in total. The zero-order valence-electron chi connectivity index (χ0n) is 16.3. The van der Waals surface area contributed by atoms with Gasteiger partial charge in [0.15, 0.2) is 0 Å². The van der Waals surface area contributed by atoms with E-state index in [0.717, 1.165) is 22.3 Å². The topological polar surface area (TPSA) is 40.5 Å². The molecule has 0 aliphatic rings. The zero-order valence-corrected chi connectivity index (χ0v) is 19.4. The van der Waals surface area contributed by atoms with Gasteiger partial charge in [-0.3, -0.25) is 0 Å². The number of rotatable bonds is 2. The van der Waals surface area contributed by atoms with E-state index < -0.39 is 17.0 Å². The summed E-state index contributed by atoms with van der Waals surface area (Å²) in [6.07, 6.45) is 0.519. The fourth-order valence-electron chi connectivity index (χ4n) is 2.88. The second-order valence-corrected chi connectivity index (χ2v) is 11.0. The van der Waals surface area contributed by atoms with Crippen LogP contribution in [0, 0.1) is 0 Å². The van der Waals surface area contributed by atoms with Crippen molar-refractivity contribution >= 4 is 18.6 Å². The summed E-state index contributed by atoms with van der Waals surface area (Å²) in [5.74, 6) is 0.668. The monoisotopic (exact) mass is 430 g/mol. The molecule has 0 saturated heterocycles. The molecule has 0 radical (unpaired) electrons. The third-order valence-electron chi connectivity index (χ3n) is 4.24. The van der Waals surface area contributed by atoms with Gasteiger partial charge in [-0.25, -0.2) is 0 Å². The van der Waals surface area contributed by atoms with Crippen molar-refractivity contribution in [1.29, 1.82) is 0 Å². The third kappa shape index (κ3) is 6.20. The number of benzene rings is 2. The maximum atomic E-state index is 10.6. The van der Waals surface area contributed by atoms with Crippen molar-refractivity contribution in [2.75, 3.05) is 0 Å². The maximum absolute atomic E-state index is 10.6. The predicted octanol–water partition coefficient (Wildman–Crippen LogP) is 6.66. The molecule has 0 amide bonds. The predicted molar refractivity (Wildman–Crippen MR) is 108 cm³/mol. The Morgan fingerprint density at radius 3 is 1.31 bits per heavy atom. The first-order valence-corrected chi connectivity index (χ1v) is 12.8. The van der Waals surface area contributed by atoms with Crippen molar-refractivity contribution < 1.29 is 27.2 Å². The van der Waals surface area contributed by atoms with E-state index in [0.29, 0.717) is 17.9 Å². The summed E-state index contributed by atoms with van der Waals surface area (Å²) in [6, 6.07) is 11.7. The Kier molecular flexibility index (Phi) is 8.55. The van der Waals surface area contributed by atoms with Crippen LogP contribution in [0.4, 0.5) is 0 Å². The molecule has 0 aromatic heterocycles. The summed E-state index contributed by atoms with van der Waals surface area (Å²) in [7, 11) is 9.78. The molecule has 0 spiro atoms. The number of para-hydroxylation sites is 2. The van der Waals surface area contributed by atoms with Gasteiger partial charge in [-0.2, -0.15) is 0 Å². The van der Waals surface area contributed by atoms with E-state index in [2.05, 4.69) is 41.5 Å². The van der Waals surface area contributed by atoms with Crippen molar-refractivity contribution in [3.63, 3.8) is 0 Å². The SMILES string of the molecule is CC(C)(C)c1cccc(Cc2cccc(C(C)(C)C)c2O)c1O.[Cl][Ti][Cl]. The Balaban J connectivity index is 0.00000105. The van der Waals surface area contributed by atoms with Gasteiger partial charge in [0.25, 0.3) is 0 Å². The number of aromatic hydroxyl groups is 2. The van der Waals surface area contributed by atoms with E-state index in [4.69, 9.17) is 18.6 Å². The van der Waals surface area contributed by atoms with Crippen LogP contribution >= 0.6 is 18.6 Å². The van der Waals surface area contributed by atoms with E-state index in [1.165, 1.54) is 0 Å². The van der Waals surface area contributed by atoms with E-state index in [9.17, 15) is 10.2 Å². The van der Waals surface area contributed by atoms with E-state index in [-0.39, 0.29) is 10.8 Å². The molecular formula is C21H28Cl2O2Ti. The first-order chi connectivity index (χ1) is 11.9. The fraction of sp³-hybridized carbons (Fsp3) is 0.429. The van der Waals surface area contributed by atoms with Crippen molar-refractivity contribution in [1.82, 2.24) is 0 Å². The number of hydrogen-bond acceptors (Lipinski definition) is 2. The Morgan fingerprint density at radius 1 is 0.731 bits per heavy atom. The average molecular weight is 431 g/mol. The first kappa shape index (κ1) is 23.4. The van der Waals surface area contributed by atoms with Crippen LogP contribution in [0.1, 0.15) is 63.8 Å². The van der Waals surface area contributed by atoms with Gasteiger partial charge in [-0.05, 0) is 33.1 Å². The molecule has 5 heteroatoms. The molecule has 0 heterocycles. The van der Waals surface area contributed by atoms with Gasteiger partial charge in [-0.15, -0.1) is 0 Å². The molecular weight excluding hydrogens is 403 g/mol. The van der Waals surface area contributed by atoms with Crippen molar-refractivity contribution in [2.45, 2.75) is 58.8 Å². The molecule has 2 N–H and O–H groups in total. The van der Waals surface area contributed by atoms with Crippen molar-refractivity contribution in [3.05, 3.63) is 58.7 Å². The Bertz CT molecular complexity index is 670. The van der Waals surface area contributed by atoms with Crippen LogP contribution in [-0.4, -0.2) is 10.2 Å². The molecule has 0 bridgehead atoms. The molecule has 0 atom stereocenters. The second kappa shape index (κ2) is 9.51. The van der Waals surface area contributed by atoms with E-state index >= 15 is 0 Å². The third-order valence-corrected chi connectivity index (χ3v) is 4.24. The summed E-state index contributed by atoms with van der Waals surface area (Å²) < 4.78 is 0. The van der Waals surface area contributed by atoms with Crippen LogP contribution < -0.4 is 0 Å². The van der Waals surface area contributed by atoms with Gasteiger partial charge in [0.1, 0.15) is 11.5 Å². The zero-order chi connectivity index (χ0) is 20.1. The minimum absolute atomic E-state index is 0.116. The number of phenolic OH excluding ortho intramolecular Hbond substituents is 2. The molecule has 26 heavy (non-hydrogen) atoms. The normalized spacial score (nSPS) is 11.5. The molecule has 2 rings (SSSR count). The van der Waals surface area contributed by atoms with Crippen LogP contribution in [0.25, 0.3) is 0 Å². The minimum atomic E-state index is -0.556. The molecule has 0 fully saturated rings. The summed E-state index contributed by atoms with van der Waals surface area (Å²) in [4.78, 5) is 0. The van der Waals surface area contributed by atoms with E-state index in [1.54, 1.807) is 0 Å². The van der Waals surface area contributed by atoms with Gasteiger partial charge in [0.2, 0.25) is 0 Å². The number of halogens is 2. The van der Waals surface area contributed by atoms with Crippen molar-refractivity contribution in [3.8, 4) is 11.5 Å². The fourth-order valence-corrected chi connectivity index (χ4v) is 2.88. The van der Waals surface area contributed by atoms with Gasteiger partial charge >= 0.3 is 35.6 Å². The number of hydrogen-bond donors (Lipinski definition) is 2. The van der Waals surface area contributed by atoms with Gasteiger partial charge < -0.3 is 10.2 Å². The summed E-state index contributed by atoms with van der Waals surface area (Å²) >= 11 is -0.556. The van der Waals surface area contributed by atoms with Crippen LogP contribution in [0.3, 0.4) is 0 Å². The Morgan fingerprint density at radius 2 is 1.04 bits per heavy atom. The standard InChI is InChI=1S/C21H28O2.2ClH.Ti/c1-20(2,3)16-11-7-9-14(18(16)22)13-15-10-8-12-17(19(15)23)21(4,5)6;;;/h7-12,22-23H,13H2,1-6H3;2*1H;/q;;;+2/p-2. The van der Waals surface area contributed by atoms with Crippen LogP contribution in [0.2, 0.25) is 0 Å². The average Bonchev–Trinajstić information content (AvgIpc) is 2.49. The first-order valence-electron chi connectivity index (χ1n) is 8.52. The van der Waals surface area contributed by atoms with Gasteiger partial charge in [-0.1, -0.05) is 77.9 Å². The van der Waals surface area contributed by atoms with Crippen LogP contribution in [-0.2, 0) is 34.3 Å². The Labute approximate surface area is 174 Å². The summed E-state index contributed by atoms with van der Waals surface area (Å²) in [5, 5.41) is 21.2. The molecule has 0 aliphatic carbocycles. The molecule has 0 aliphatic heterocycles. The van der Waals surface area contributed by atoms with Gasteiger partial charge in [0.05, 0.1) is 0 Å². The molecule has 0 unspecified atom stereocenters. The molecule has 142 valence electrons. The van der Waals surface area contributed by atoms with Crippen LogP contribution in [0.5, 0.6) is 11.5 Å². The molecule has 0 saturated carbocycles. The molecule has 2 aromatic carbocycles. The Hall–Kier alpha value is -0.666. The van der Waals surface area contributed by atoms with Crippen LogP contribution in [0.15, 0.2) is 36.4 Å². The van der Waals surface area contributed by atoms with Gasteiger partial charge in [0, 0.05) is 6.42 Å². The van der Waals surface area contributed by atoms with E-state index in [1.807, 2.05) is 36.4 Å². The second-order valence-electron chi connectivity index (χ2n) is 8.37. The van der Waals surface area contributed by atoms with Crippen molar-refractivity contribution in [2.24, 2.45) is 0 Å². The summed E-state index contributed by atoms with van der Waals surface area (Å²) in [5.41, 5.74) is 3.32. The summed E-state index contributed by atoms with van der Waals surface area (Å²) in [6.45, 7) is 12.5.